The predicted octanol–water partition coefficient (Wildman–Crippen LogP) is 4.26. The molecule has 0 atom stereocenters. The summed E-state index contributed by atoms with van der Waals surface area (Å²) < 4.78 is 26.0. The average molecular weight is 507 g/mol. The molecular weight excluding hydrogens is 476 g/mol. The van der Waals surface area contributed by atoms with Crippen LogP contribution in [0.25, 0.3) is 0 Å². The summed E-state index contributed by atoms with van der Waals surface area (Å²) >= 11 is 0. The zero-order valence-corrected chi connectivity index (χ0v) is 21.1. The predicted molar refractivity (Wildman–Crippen MR) is 139 cm³/mol. The van der Waals surface area contributed by atoms with Crippen molar-refractivity contribution < 1.29 is 18.3 Å². The monoisotopic (exact) mass is 506 g/mol. The third-order valence-electron chi connectivity index (χ3n) is 6.92. The number of aryl methyl sites for hydroxylation is 2. The zero-order chi connectivity index (χ0) is 25.3. The molecule has 2 aliphatic rings. The number of carboxylic acids is 1. The van der Waals surface area contributed by atoms with Gasteiger partial charge in [-0.15, -0.1) is 0 Å². The lowest BCUT2D eigenvalue weighted by Crippen LogP contribution is -2.35. The van der Waals surface area contributed by atoms with Crippen molar-refractivity contribution >= 4 is 33.3 Å². The number of carbonyl (C=O) groups is 1. The fourth-order valence-corrected chi connectivity index (χ4v) is 6.72. The molecule has 0 saturated carbocycles. The minimum absolute atomic E-state index is 0.0692. The number of rotatable bonds is 6. The maximum absolute atomic E-state index is 13.0. The molecule has 3 aromatic rings. The van der Waals surface area contributed by atoms with Crippen molar-refractivity contribution in [3.63, 3.8) is 0 Å². The largest absolute Gasteiger partial charge is 0.481 e. The number of piperidine rings is 1. The molecule has 0 bridgehead atoms. The van der Waals surface area contributed by atoms with Gasteiger partial charge in [-0.25, -0.2) is 13.4 Å². The van der Waals surface area contributed by atoms with E-state index in [2.05, 4.69) is 41.4 Å². The Morgan fingerprint density at radius 2 is 1.86 bits per heavy atom. The average Bonchev–Trinajstić information content (AvgIpc) is 2.84. The highest BCUT2D eigenvalue weighted by atomic mass is 32.2. The normalized spacial score (nSPS) is 17.4. The van der Waals surface area contributed by atoms with Crippen LogP contribution in [0, 0.1) is 6.92 Å². The van der Waals surface area contributed by atoms with Crippen molar-refractivity contribution in [2.24, 2.45) is 0 Å². The molecule has 3 heterocycles. The molecule has 0 amide bonds. The summed E-state index contributed by atoms with van der Waals surface area (Å²) in [5, 5.41) is 12.2. The van der Waals surface area contributed by atoms with Crippen molar-refractivity contribution in [1.29, 1.82) is 0 Å². The topological polar surface area (TPSA) is 112 Å². The second kappa shape index (κ2) is 9.89. The van der Waals surface area contributed by atoms with E-state index in [1.54, 1.807) is 24.3 Å². The SMILES string of the molecule is Cc1cccc(C2CCN(c3nc4c(c(Nc5ccc(CC(=O)O)cc5)n3)S(=O)(=O)CCC4)CC2)c1. The van der Waals surface area contributed by atoms with Crippen molar-refractivity contribution in [3.05, 3.63) is 70.9 Å². The number of carboxylic acid groups (broad SMARTS) is 1. The van der Waals surface area contributed by atoms with Crippen molar-refractivity contribution in [1.82, 2.24) is 9.97 Å². The van der Waals surface area contributed by atoms with Crippen LogP contribution in [0.15, 0.2) is 53.4 Å². The number of fused-ring (bicyclic) bond motifs is 1. The first-order chi connectivity index (χ1) is 17.3. The first-order valence-corrected chi connectivity index (χ1v) is 14.0. The smallest absolute Gasteiger partial charge is 0.307 e. The highest BCUT2D eigenvalue weighted by Gasteiger charge is 2.32. The first-order valence-electron chi connectivity index (χ1n) is 12.3. The zero-order valence-electron chi connectivity index (χ0n) is 20.3. The molecule has 188 valence electrons. The Labute approximate surface area is 211 Å². The van der Waals surface area contributed by atoms with E-state index in [9.17, 15) is 13.2 Å². The molecule has 2 aromatic carbocycles. The lowest BCUT2D eigenvalue weighted by atomic mass is 9.89. The highest BCUT2D eigenvalue weighted by Crippen LogP contribution is 2.35. The summed E-state index contributed by atoms with van der Waals surface area (Å²) in [4.78, 5) is 22.7. The lowest BCUT2D eigenvalue weighted by Gasteiger charge is -2.33. The molecule has 36 heavy (non-hydrogen) atoms. The first kappa shape index (κ1) is 24.2. The van der Waals surface area contributed by atoms with Crippen LogP contribution in [-0.2, 0) is 27.5 Å². The Bertz CT molecular complexity index is 1380. The summed E-state index contributed by atoms with van der Waals surface area (Å²) in [5.74, 6) is 0.514. The number of aliphatic carboxylic acids is 1. The van der Waals surface area contributed by atoms with E-state index in [4.69, 9.17) is 15.1 Å². The number of sulfone groups is 1. The molecule has 8 nitrogen and oxygen atoms in total. The van der Waals surface area contributed by atoms with E-state index in [-0.39, 0.29) is 17.1 Å². The Morgan fingerprint density at radius 1 is 1.11 bits per heavy atom. The van der Waals surface area contributed by atoms with Gasteiger partial charge in [0.2, 0.25) is 5.95 Å². The van der Waals surface area contributed by atoms with Gasteiger partial charge < -0.3 is 15.3 Å². The van der Waals surface area contributed by atoms with Gasteiger partial charge in [-0.1, -0.05) is 42.0 Å². The summed E-state index contributed by atoms with van der Waals surface area (Å²) in [5.41, 5.74) is 4.51. The van der Waals surface area contributed by atoms with Gasteiger partial charge in [0.25, 0.3) is 0 Å². The number of hydrogen-bond donors (Lipinski definition) is 2. The highest BCUT2D eigenvalue weighted by molar-refractivity contribution is 7.91. The lowest BCUT2D eigenvalue weighted by molar-refractivity contribution is -0.136. The number of aromatic nitrogens is 2. The fraction of sp³-hybridized carbons (Fsp3) is 0.370. The van der Waals surface area contributed by atoms with Crippen LogP contribution in [0.5, 0.6) is 0 Å². The van der Waals surface area contributed by atoms with Crippen molar-refractivity contribution in [2.75, 3.05) is 29.1 Å². The summed E-state index contributed by atoms with van der Waals surface area (Å²) in [7, 11) is -3.50. The second-order valence-corrected chi connectivity index (χ2v) is 11.7. The van der Waals surface area contributed by atoms with E-state index in [0.29, 0.717) is 47.5 Å². The number of nitrogens with one attached hydrogen (secondary N) is 1. The van der Waals surface area contributed by atoms with Crippen LogP contribution < -0.4 is 10.2 Å². The molecule has 1 fully saturated rings. The number of benzene rings is 2. The van der Waals surface area contributed by atoms with Gasteiger partial charge in [0.15, 0.2) is 15.7 Å². The molecule has 1 saturated heterocycles. The summed E-state index contributed by atoms with van der Waals surface area (Å²) in [6, 6.07) is 15.6. The maximum Gasteiger partial charge on any atom is 0.307 e. The van der Waals surface area contributed by atoms with Crippen LogP contribution in [0.2, 0.25) is 0 Å². The standard InChI is InChI=1S/C27H30N4O4S/c1-18-4-2-5-21(16-18)20-11-13-31(14-12-20)27-29-23-6-3-15-36(34,35)25(23)26(30-27)28-22-9-7-19(8-10-22)17-24(32)33/h2,4-5,7-10,16,20H,3,6,11-15,17H2,1H3,(H,32,33)(H,28,29,30). The van der Waals surface area contributed by atoms with E-state index < -0.39 is 15.8 Å². The molecule has 9 heteroatoms. The molecule has 5 rings (SSSR count). The summed E-state index contributed by atoms with van der Waals surface area (Å²) in [6.07, 6.45) is 3.03. The molecule has 1 aromatic heterocycles. The quantitative estimate of drug-likeness (QED) is 0.510. The van der Waals surface area contributed by atoms with Gasteiger partial charge in [0, 0.05) is 18.8 Å². The minimum atomic E-state index is -3.50. The van der Waals surface area contributed by atoms with Crippen molar-refractivity contribution in [3.8, 4) is 0 Å². The number of hydrogen-bond acceptors (Lipinski definition) is 7. The fourth-order valence-electron chi connectivity index (χ4n) is 5.09. The van der Waals surface area contributed by atoms with Crippen LogP contribution >= 0.6 is 0 Å². The molecule has 2 aliphatic heterocycles. The van der Waals surface area contributed by atoms with Gasteiger partial charge in [-0.2, -0.15) is 4.98 Å². The van der Waals surface area contributed by atoms with Crippen molar-refractivity contribution in [2.45, 2.75) is 49.8 Å². The Morgan fingerprint density at radius 3 is 2.56 bits per heavy atom. The molecule has 0 radical (unpaired) electrons. The Kier molecular flexibility index (Phi) is 6.66. The van der Waals surface area contributed by atoms with E-state index in [1.165, 1.54) is 11.1 Å². The number of nitrogens with zero attached hydrogens (tertiary/aromatic N) is 3. The van der Waals surface area contributed by atoms with Gasteiger partial charge in [0.1, 0.15) is 4.90 Å². The van der Waals surface area contributed by atoms with Crippen LogP contribution in [-0.4, -0.2) is 48.3 Å². The molecule has 0 spiro atoms. The van der Waals surface area contributed by atoms with Gasteiger partial charge >= 0.3 is 5.97 Å². The molecule has 2 N–H and O–H groups in total. The number of anilines is 3. The minimum Gasteiger partial charge on any atom is -0.481 e. The molecule has 0 unspecified atom stereocenters. The van der Waals surface area contributed by atoms with Gasteiger partial charge in [-0.05, 0) is 61.8 Å². The van der Waals surface area contributed by atoms with E-state index in [1.807, 2.05) is 0 Å². The van der Waals surface area contributed by atoms with Gasteiger partial charge in [-0.3, -0.25) is 4.79 Å². The third kappa shape index (κ3) is 5.21. The molecular formula is C27H30N4O4S. The van der Waals surface area contributed by atoms with Gasteiger partial charge in [0.05, 0.1) is 17.9 Å². The Hall–Kier alpha value is -3.46. The second-order valence-electron chi connectivity index (χ2n) is 9.64. The third-order valence-corrected chi connectivity index (χ3v) is 8.80. The van der Waals surface area contributed by atoms with E-state index in [0.717, 1.165) is 25.9 Å². The molecule has 0 aliphatic carbocycles. The van der Waals surface area contributed by atoms with E-state index >= 15 is 0 Å². The maximum atomic E-state index is 13.0. The van der Waals surface area contributed by atoms with Crippen LogP contribution in [0.3, 0.4) is 0 Å². The Balaban J connectivity index is 1.41. The summed E-state index contributed by atoms with van der Waals surface area (Å²) in [6.45, 7) is 3.71. The van der Waals surface area contributed by atoms with Crippen LogP contribution in [0.4, 0.5) is 17.5 Å². The van der Waals surface area contributed by atoms with Crippen LogP contribution in [0.1, 0.15) is 47.6 Å².